The summed E-state index contributed by atoms with van der Waals surface area (Å²) in [6, 6.07) is 0.410. The van der Waals surface area contributed by atoms with E-state index in [2.05, 4.69) is 47.1 Å². The fourth-order valence-electron chi connectivity index (χ4n) is 1.85. The smallest absolute Gasteiger partial charge is 0.283 e. The van der Waals surface area contributed by atoms with Gasteiger partial charge in [0.2, 0.25) is 0 Å². The quantitative estimate of drug-likeness (QED) is 0.905. The van der Waals surface area contributed by atoms with Gasteiger partial charge in [-0.3, -0.25) is 4.79 Å². The number of hydrogen-bond acceptors (Lipinski definition) is 3. The zero-order valence-corrected chi connectivity index (χ0v) is 13.3. The molecule has 1 atom stereocenters. The number of aromatic nitrogens is 2. The molecule has 1 heterocycles. The predicted molar refractivity (Wildman–Crippen MR) is 79.1 cm³/mol. The fourth-order valence-corrected chi connectivity index (χ4v) is 2.25. The average molecular weight is 316 g/mol. The largest absolute Gasteiger partial charge is 0.380 e. The summed E-state index contributed by atoms with van der Waals surface area (Å²) >= 11 is 3.37. The van der Waals surface area contributed by atoms with Crippen LogP contribution in [0.4, 0.5) is 5.69 Å². The molecule has 0 amide bonds. The lowest BCUT2D eigenvalue weighted by atomic mass is 10.0. The molecule has 0 fully saturated rings. The van der Waals surface area contributed by atoms with Crippen LogP contribution in [0.25, 0.3) is 0 Å². The number of halogens is 1. The number of anilines is 1. The van der Waals surface area contributed by atoms with Crippen LogP contribution in [0.2, 0.25) is 0 Å². The van der Waals surface area contributed by atoms with Crippen LogP contribution in [0.5, 0.6) is 0 Å². The fraction of sp³-hybridized carbons (Fsp3) is 0.692. The predicted octanol–water partition coefficient (Wildman–Crippen LogP) is 3.43. The molecule has 1 aromatic heterocycles. The van der Waals surface area contributed by atoms with Gasteiger partial charge >= 0.3 is 0 Å². The van der Waals surface area contributed by atoms with E-state index in [0.717, 1.165) is 12.1 Å². The molecule has 1 rings (SSSR count). The van der Waals surface area contributed by atoms with E-state index >= 15 is 0 Å². The molecule has 4 nitrogen and oxygen atoms in total. The van der Waals surface area contributed by atoms with Gasteiger partial charge in [-0.05, 0) is 42.1 Å². The molecular formula is C13H22BrN3O. The average Bonchev–Trinajstić information content (AvgIpc) is 2.30. The Bertz CT molecular complexity index is 454. The van der Waals surface area contributed by atoms with Gasteiger partial charge in [0.1, 0.15) is 4.47 Å². The SMILES string of the molecule is CCC(Nc1cnn(C(C)C)c(=O)c1Br)C(C)C. The zero-order valence-electron chi connectivity index (χ0n) is 11.7. The van der Waals surface area contributed by atoms with Gasteiger partial charge < -0.3 is 5.32 Å². The van der Waals surface area contributed by atoms with E-state index in [1.165, 1.54) is 4.68 Å². The van der Waals surface area contributed by atoms with E-state index < -0.39 is 0 Å². The Labute approximate surface area is 117 Å². The van der Waals surface area contributed by atoms with E-state index in [1.807, 2.05) is 13.8 Å². The molecule has 0 aliphatic heterocycles. The summed E-state index contributed by atoms with van der Waals surface area (Å²) in [7, 11) is 0. The Morgan fingerprint density at radius 1 is 1.39 bits per heavy atom. The highest BCUT2D eigenvalue weighted by atomic mass is 79.9. The first-order valence-corrected chi connectivity index (χ1v) is 7.21. The lowest BCUT2D eigenvalue weighted by Crippen LogP contribution is -2.29. The molecule has 0 saturated heterocycles. The van der Waals surface area contributed by atoms with Crippen molar-refractivity contribution in [2.45, 2.75) is 53.1 Å². The van der Waals surface area contributed by atoms with Gasteiger partial charge in [-0.2, -0.15) is 5.10 Å². The van der Waals surface area contributed by atoms with Gasteiger partial charge in [-0.1, -0.05) is 20.8 Å². The minimum atomic E-state index is -0.0893. The number of nitrogens with zero attached hydrogens (tertiary/aromatic N) is 2. The lowest BCUT2D eigenvalue weighted by Gasteiger charge is -2.22. The first-order valence-electron chi connectivity index (χ1n) is 6.42. The van der Waals surface area contributed by atoms with E-state index in [4.69, 9.17) is 0 Å². The van der Waals surface area contributed by atoms with Crippen LogP contribution in [0.3, 0.4) is 0 Å². The first-order chi connectivity index (χ1) is 8.38. The van der Waals surface area contributed by atoms with Crippen LogP contribution in [-0.4, -0.2) is 15.8 Å². The number of hydrogen-bond donors (Lipinski definition) is 1. The van der Waals surface area contributed by atoms with Crippen molar-refractivity contribution in [3.63, 3.8) is 0 Å². The van der Waals surface area contributed by atoms with Crippen LogP contribution < -0.4 is 10.9 Å². The van der Waals surface area contributed by atoms with Gasteiger partial charge in [-0.25, -0.2) is 4.68 Å². The summed E-state index contributed by atoms with van der Waals surface area (Å²) in [5.41, 5.74) is 0.686. The number of nitrogens with one attached hydrogen (secondary N) is 1. The zero-order chi connectivity index (χ0) is 13.9. The molecular weight excluding hydrogens is 294 g/mol. The lowest BCUT2D eigenvalue weighted by molar-refractivity contribution is 0.494. The van der Waals surface area contributed by atoms with Gasteiger partial charge in [-0.15, -0.1) is 0 Å². The summed E-state index contributed by atoms with van der Waals surface area (Å²) in [4.78, 5) is 12.1. The standard InChI is InChI=1S/C13H22BrN3O/c1-6-10(8(2)3)16-11-7-15-17(9(4)5)13(18)12(11)14/h7-10,16H,6H2,1-5H3. The molecule has 0 saturated carbocycles. The summed E-state index contributed by atoms with van der Waals surface area (Å²) in [5.74, 6) is 0.509. The van der Waals surface area contributed by atoms with E-state index in [0.29, 0.717) is 16.4 Å². The first kappa shape index (κ1) is 15.2. The van der Waals surface area contributed by atoms with Crippen molar-refractivity contribution in [3.8, 4) is 0 Å². The van der Waals surface area contributed by atoms with Crippen molar-refractivity contribution in [2.24, 2.45) is 5.92 Å². The molecule has 5 heteroatoms. The Hall–Kier alpha value is -0.840. The number of rotatable bonds is 5. The van der Waals surface area contributed by atoms with E-state index in [9.17, 15) is 4.79 Å². The summed E-state index contributed by atoms with van der Waals surface area (Å²) < 4.78 is 2.04. The normalized spacial score (nSPS) is 13.1. The molecule has 0 radical (unpaired) electrons. The minimum absolute atomic E-state index is 0.0647. The van der Waals surface area contributed by atoms with Crippen molar-refractivity contribution in [1.82, 2.24) is 9.78 Å². The van der Waals surface area contributed by atoms with Gasteiger partial charge in [0.25, 0.3) is 5.56 Å². The highest BCUT2D eigenvalue weighted by molar-refractivity contribution is 9.10. The van der Waals surface area contributed by atoms with Crippen molar-refractivity contribution in [3.05, 3.63) is 21.0 Å². The molecule has 1 N–H and O–H groups in total. The van der Waals surface area contributed by atoms with Gasteiger partial charge in [0.05, 0.1) is 17.9 Å². The van der Waals surface area contributed by atoms with Crippen LogP contribution >= 0.6 is 15.9 Å². The molecule has 0 bridgehead atoms. The molecule has 0 spiro atoms. The molecule has 18 heavy (non-hydrogen) atoms. The van der Waals surface area contributed by atoms with Crippen LogP contribution in [0, 0.1) is 5.92 Å². The molecule has 102 valence electrons. The topological polar surface area (TPSA) is 46.9 Å². The Kier molecular flexibility index (Phi) is 5.38. The Morgan fingerprint density at radius 3 is 2.44 bits per heavy atom. The minimum Gasteiger partial charge on any atom is -0.380 e. The Balaban J connectivity index is 3.06. The van der Waals surface area contributed by atoms with Crippen molar-refractivity contribution < 1.29 is 0 Å². The van der Waals surface area contributed by atoms with E-state index in [-0.39, 0.29) is 11.6 Å². The molecule has 1 aromatic rings. The second-order valence-electron chi connectivity index (χ2n) is 5.12. The highest BCUT2D eigenvalue weighted by Gasteiger charge is 2.15. The second-order valence-corrected chi connectivity index (χ2v) is 5.91. The van der Waals surface area contributed by atoms with Crippen LogP contribution in [0.15, 0.2) is 15.5 Å². The van der Waals surface area contributed by atoms with E-state index in [1.54, 1.807) is 6.20 Å². The molecule has 0 aliphatic rings. The third-order valence-electron chi connectivity index (χ3n) is 3.02. The summed E-state index contributed by atoms with van der Waals surface area (Å²) in [6.07, 6.45) is 2.73. The van der Waals surface area contributed by atoms with Crippen molar-refractivity contribution >= 4 is 21.6 Å². The summed E-state index contributed by atoms with van der Waals surface area (Å²) in [6.45, 7) is 10.3. The van der Waals surface area contributed by atoms with Crippen molar-refractivity contribution in [2.75, 3.05) is 5.32 Å². The maximum absolute atomic E-state index is 12.1. The maximum atomic E-state index is 12.1. The van der Waals surface area contributed by atoms with Crippen LogP contribution in [-0.2, 0) is 0 Å². The maximum Gasteiger partial charge on any atom is 0.283 e. The second kappa shape index (κ2) is 6.36. The monoisotopic (exact) mass is 315 g/mol. The highest BCUT2D eigenvalue weighted by Crippen LogP contribution is 2.21. The van der Waals surface area contributed by atoms with Gasteiger partial charge in [0.15, 0.2) is 0 Å². The molecule has 0 aromatic carbocycles. The van der Waals surface area contributed by atoms with Crippen molar-refractivity contribution in [1.29, 1.82) is 0 Å². The van der Waals surface area contributed by atoms with Crippen LogP contribution in [0.1, 0.15) is 47.1 Å². The molecule has 1 unspecified atom stereocenters. The summed E-state index contributed by atoms with van der Waals surface area (Å²) in [5, 5.41) is 7.58. The van der Waals surface area contributed by atoms with Gasteiger partial charge in [0, 0.05) is 6.04 Å². The molecule has 0 aliphatic carbocycles. The third kappa shape index (κ3) is 3.34. The third-order valence-corrected chi connectivity index (χ3v) is 3.78. The Morgan fingerprint density at radius 2 is 2.00 bits per heavy atom.